The first kappa shape index (κ1) is 15.5. The standard InChI is InChI=1S/C16H18FNO2S/c1-12-8-13(2)10-16(9-12)18(21(3,19)20)11-14-4-6-15(17)7-5-14/h4-10H,11H2,1-3H3. The number of hydrogen-bond acceptors (Lipinski definition) is 2. The van der Waals surface area contributed by atoms with E-state index in [9.17, 15) is 12.8 Å². The first-order valence-corrected chi connectivity index (χ1v) is 8.41. The Morgan fingerprint density at radius 1 is 1.00 bits per heavy atom. The molecule has 21 heavy (non-hydrogen) atoms. The third-order valence-corrected chi connectivity index (χ3v) is 4.27. The van der Waals surface area contributed by atoms with Crippen LogP contribution in [0.3, 0.4) is 0 Å². The van der Waals surface area contributed by atoms with Gasteiger partial charge in [-0.25, -0.2) is 12.8 Å². The summed E-state index contributed by atoms with van der Waals surface area (Å²) < 4.78 is 38.4. The molecular formula is C16H18FNO2S. The van der Waals surface area contributed by atoms with E-state index in [0.717, 1.165) is 16.7 Å². The smallest absolute Gasteiger partial charge is 0.232 e. The van der Waals surface area contributed by atoms with E-state index >= 15 is 0 Å². The van der Waals surface area contributed by atoms with Crippen LogP contribution in [-0.2, 0) is 16.6 Å². The van der Waals surface area contributed by atoms with Gasteiger partial charge in [0.05, 0.1) is 18.5 Å². The molecule has 0 fully saturated rings. The maximum absolute atomic E-state index is 13.0. The van der Waals surface area contributed by atoms with Crippen LogP contribution in [0.2, 0.25) is 0 Å². The number of nitrogens with zero attached hydrogens (tertiary/aromatic N) is 1. The highest BCUT2D eigenvalue weighted by atomic mass is 32.2. The van der Waals surface area contributed by atoms with Gasteiger partial charge in [0.1, 0.15) is 5.82 Å². The normalized spacial score (nSPS) is 11.4. The van der Waals surface area contributed by atoms with E-state index in [-0.39, 0.29) is 12.4 Å². The SMILES string of the molecule is Cc1cc(C)cc(N(Cc2ccc(F)cc2)S(C)(=O)=O)c1. The Balaban J connectivity index is 2.42. The zero-order chi connectivity index (χ0) is 15.6. The van der Waals surface area contributed by atoms with Crippen molar-refractivity contribution in [3.63, 3.8) is 0 Å². The highest BCUT2D eigenvalue weighted by Gasteiger charge is 2.18. The van der Waals surface area contributed by atoms with Crippen molar-refractivity contribution >= 4 is 15.7 Å². The molecule has 0 aliphatic carbocycles. The van der Waals surface area contributed by atoms with E-state index in [4.69, 9.17) is 0 Å². The van der Waals surface area contributed by atoms with Crippen LogP contribution in [0.15, 0.2) is 42.5 Å². The van der Waals surface area contributed by atoms with Crippen molar-refractivity contribution in [1.29, 1.82) is 0 Å². The minimum atomic E-state index is -3.42. The molecule has 0 atom stereocenters. The van der Waals surface area contributed by atoms with Crippen molar-refractivity contribution in [1.82, 2.24) is 0 Å². The number of benzene rings is 2. The van der Waals surface area contributed by atoms with Gasteiger partial charge in [0.2, 0.25) is 10.0 Å². The lowest BCUT2D eigenvalue weighted by atomic mass is 10.1. The molecule has 0 saturated heterocycles. The van der Waals surface area contributed by atoms with Gasteiger partial charge in [-0.1, -0.05) is 18.2 Å². The fraction of sp³-hybridized carbons (Fsp3) is 0.250. The van der Waals surface area contributed by atoms with Gasteiger partial charge in [-0.15, -0.1) is 0 Å². The second kappa shape index (κ2) is 5.85. The van der Waals surface area contributed by atoms with Crippen LogP contribution in [0.1, 0.15) is 16.7 Å². The Morgan fingerprint density at radius 2 is 1.52 bits per heavy atom. The van der Waals surface area contributed by atoms with E-state index in [1.54, 1.807) is 12.1 Å². The average molecular weight is 307 g/mol. The molecule has 2 aromatic rings. The van der Waals surface area contributed by atoms with Crippen LogP contribution in [-0.4, -0.2) is 14.7 Å². The molecule has 0 unspecified atom stereocenters. The molecule has 112 valence electrons. The van der Waals surface area contributed by atoms with Gasteiger partial charge in [0.15, 0.2) is 0 Å². The van der Waals surface area contributed by atoms with E-state index in [1.165, 1.54) is 22.7 Å². The summed E-state index contributed by atoms with van der Waals surface area (Å²) in [5.41, 5.74) is 3.36. The summed E-state index contributed by atoms with van der Waals surface area (Å²) in [4.78, 5) is 0. The molecule has 0 amide bonds. The lowest BCUT2D eigenvalue weighted by molar-refractivity contribution is 0.596. The monoisotopic (exact) mass is 307 g/mol. The summed E-state index contributed by atoms with van der Waals surface area (Å²) >= 11 is 0. The maximum Gasteiger partial charge on any atom is 0.232 e. The Morgan fingerprint density at radius 3 is 2.00 bits per heavy atom. The second-order valence-corrected chi connectivity index (χ2v) is 7.15. The van der Waals surface area contributed by atoms with Crippen LogP contribution in [0.4, 0.5) is 10.1 Å². The Labute approximate surface area is 125 Å². The van der Waals surface area contributed by atoms with Crippen LogP contribution in [0, 0.1) is 19.7 Å². The predicted octanol–water partition coefficient (Wildman–Crippen LogP) is 3.41. The highest BCUT2D eigenvalue weighted by Crippen LogP contribution is 2.23. The number of hydrogen-bond donors (Lipinski definition) is 0. The van der Waals surface area contributed by atoms with Crippen molar-refractivity contribution in [2.45, 2.75) is 20.4 Å². The number of halogens is 1. The highest BCUT2D eigenvalue weighted by molar-refractivity contribution is 7.92. The van der Waals surface area contributed by atoms with Gasteiger partial charge < -0.3 is 0 Å². The zero-order valence-electron chi connectivity index (χ0n) is 12.3. The van der Waals surface area contributed by atoms with Gasteiger partial charge in [0.25, 0.3) is 0 Å². The lowest BCUT2D eigenvalue weighted by Gasteiger charge is -2.23. The number of anilines is 1. The molecule has 0 radical (unpaired) electrons. The van der Waals surface area contributed by atoms with Crippen molar-refractivity contribution < 1.29 is 12.8 Å². The molecule has 5 heteroatoms. The summed E-state index contributed by atoms with van der Waals surface area (Å²) in [5, 5.41) is 0. The van der Waals surface area contributed by atoms with E-state index in [2.05, 4.69) is 0 Å². The van der Waals surface area contributed by atoms with Gasteiger partial charge in [-0.3, -0.25) is 4.31 Å². The molecule has 3 nitrogen and oxygen atoms in total. The molecule has 0 bridgehead atoms. The molecule has 0 spiro atoms. The van der Waals surface area contributed by atoms with Gasteiger partial charge in [-0.05, 0) is 54.8 Å². The summed E-state index contributed by atoms with van der Waals surface area (Å²) in [6.45, 7) is 4.03. The fourth-order valence-corrected chi connectivity index (χ4v) is 3.12. The summed E-state index contributed by atoms with van der Waals surface area (Å²) in [6, 6.07) is 11.5. The zero-order valence-corrected chi connectivity index (χ0v) is 13.1. The predicted molar refractivity (Wildman–Crippen MR) is 83.3 cm³/mol. The molecule has 2 aromatic carbocycles. The second-order valence-electron chi connectivity index (χ2n) is 5.24. The van der Waals surface area contributed by atoms with Crippen LogP contribution in [0.5, 0.6) is 0 Å². The maximum atomic E-state index is 13.0. The number of aryl methyl sites for hydroxylation is 2. The van der Waals surface area contributed by atoms with Gasteiger partial charge in [-0.2, -0.15) is 0 Å². The molecule has 0 aromatic heterocycles. The minimum absolute atomic E-state index is 0.183. The Bertz CT molecular complexity index is 719. The number of rotatable bonds is 4. The summed E-state index contributed by atoms with van der Waals surface area (Å²) in [6.07, 6.45) is 1.17. The molecular weight excluding hydrogens is 289 g/mol. The van der Waals surface area contributed by atoms with Crippen molar-refractivity contribution in [2.75, 3.05) is 10.6 Å². The van der Waals surface area contributed by atoms with Crippen LogP contribution < -0.4 is 4.31 Å². The Kier molecular flexibility index (Phi) is 4.32. The van der Waals surface area contributed by atoms with Crippen molar-refractivity contribution in [3.8, 4) is 0 Å². The van der Waals surface area contributed by atoms with E-state index < -0.39 is 10.0 Å². The molecule has 2 rings (SSSR count). The molecule has 0 heterocycles. The third-order valence-electron chi connectivity index (χ3n) is 3.13. The first-order chi connectivity index (χ1) is 9.75. The van der Waals surface area contributed by atoms with Crippen LogP contribution >= 0.6 is 0 Å². The average Bonchev–Trinajstić information content (AvgIpc) is 2.35. The van der Waals surface area contributed by atoms with Gasteiger partial charge in [0, 0.05) is 0 Å². The molecule has 0 aliphatic rings. The summed E-state index contributed by atoms with van der Waals surface area (Å²) in [5.74, 6) is -0.337. The van der Waals surface area contributed by atoms with E-state index in [1.807, 2.05) is 32.0 Å². The van der Waals surface area contributed by atoms with Crippen molar-refractivity contribution in [3.05, 3.63) is 65.0 Å². The third kappa shape index (κ3) is 4.04. The molecule has 0 aliphatic heterocycles. The first-order valence-electron chi connectivity index (χ1n) is 6.56. The fourth-order valence-electron chi connectivity index (χ4n) is 2.25. The lowest BCUT2D eigenvalue weighted by Crippen LogP contribution is -2.29. The quantitative estimate of drug-likeness (QED) is 0.868. The topological polar surface area (TPSA) is 37.4 Å². The van der Waals surface area contributed by atoms with Gasteiger partial charge >= 0.3 is 0 Å². The molecule has 0 N–H and O–H groups in total. The Hall–Kier alpha value is -1.88. The van der Waals surface area contributed by atoms with E-state index in [0.29, 0.717) is 5.69 Å². The van der Waals surface area contributed by atoms with Crippen LogP contribution in [0.25, 0.3) is 0 Å². The largest absolute Gasteiger partial charge is 0.266 e. The van der Waals surface area contributed by atoms with Crippen molar-refractivity contribution in [2.24, 2.45) is 0 Å². The number of sulfonamides is 1. The molecule has 0 saturated carbocycles. The minimum Gasteiger partial charge on any atom is -0.266 e. The summed E-state index contributed by atoms with van der Waals surface area (Å²) in [7, 11) is -3.42.